The summed E-state index contributed by atoms with van der Waals surface area (Å²) in [5.74, 6) is -0.0455. The van der Waals surface area contributed by atoms with Crippen LogP contribution in [0.15, 0.2) is 53.4 Å². The van der Waals surface area contributed by atoms with Crippen LogP contribution < -0.4 is 0 Å². The number of benzene rings is 1. The van der Waals surface area contributed by atoms with E-state index in [0.29, 0.717) is 22.6 Å². The average molecular weight is 357 g/mol. The normalized spacial score (nSPS) is 11.0. The zero-order chi connectivity index (χ0) is 17.2. The Morgan fingerprint density at radius 1 is 1.16 bits per heavy atom. The van der Waals surface area contributed by atoms with Crippen LogP contribution in [-0.4, -0.2) is 30.1 Å². The van der Waals surface area contributed by atoms with Crippen molar-refractivity contribution in [2.24, 2.45) is 0 Å². The van der Waals surface area contributed by atoms with Crippen LogP contribution in [0.25, 0.3) is 22.9 Å². The van der Waals surface area contributed by atoms with Crippen LogP contribution in [-0.2, 0) is 6.54 Å². The van der Waals surface area contributed by atoms with E-state index in [-0.39, 0.29) is 23.3 Å². The highest BCUT2D eigenvalue weighted by Crippen LogP contribution is 2.25. The van der Waals surface area contributed by atoms with Gasteiger partial charge in [0, 0.05) is 11.6 Å². The van der Waals surface area contributed by atoms with E-state index < -0.39 is 0 Å². The maximum Gasteiger partial charge on any atom is 0.203 e. The van der Waals surface area contributed by atoms with E-state index in [9.17, 15) is 4.39 Å². The van der Waals surface area contributed by atoms with Crippen LogP contribution in [0.1, 0.15) is 5.56 Å². The molecule has 0 saturated carbocycles. The Morgan fingerprint density at radius 2 is 2.04 bits per heavy atom. The number of hydrogen-bond donors (Lipinski definition) is 0. The average Bonchev–Trinajstić information content (AvgIpc) is 3.26. The summed E-state index contributed by atoms with van der Waals surface area (Å²) in [5, 5.41) is 16.3. The molecule has 0 bridgehead atoms. The summed E-state index contributed by atoms with van der Waals surface area (Å²) in [6, 6.07) is 9.92. The second kappa shape index (κ2) is 6.40. The summed E-state index contributed by atoms with van der Waals surface area (Å²) in [7, 11) is 0. The summed E-state index contributed by atoms with van der Waals surface area (Å²) in [5.41, 5.74) is 2.14. The van der Waals surface area contributed by atoms with E-state index >= 15 is 0 Å². The molecule has 0 unspecified atom stereocenters. The molecule has 0 aliphatic heterocycles. The first-order valence-corrected chi connectivity index (χ1v) is 7.66. The number of aromatic nitrogens is 6. The van der Waals surface area contributed by atoms with E-state index in [1.54, 1.807) is 35.0 Å². The molecule has 3 aromatic heterocycles. The second-order valence-corrected chi connectivity index (χ2v) is 5.54. The second-order valence-electron chi connectivity index (χ2n) is 5.15. The van der Waals surface area contributed by atoms with Gasteiger partial charge < -0.3 is 4.52 Å². The molecule has 0 N–H and O–H groups in total. The van der Waals surface area contributed by atoms with Gasteiger partial charge in [0.15, 0.2) is 5.15 Å². The van der Waals surface area contributed by atoms with Gasteiger partial charge in [0.2, 0.25) is 5.82 Å². The lowest BCUT2D eigenvalue weighted by Gasteiger charge is -2.06. The number of rotatable bonds is 4. The molecule has 0 spiro atoms. The van der Waals surface area contributed by atoms with E-state index in [1.807, 2.05) is 0 Å². The molecular weight excluding hydrogens is 347 g/mol. The number of hydrogen-bond acceptors (Lipinski definition) is 6. The third kappa shape index (κ3) is 3.11. The van der Waals surface area contributed by atoms with Gasteiger partial charge in [-0.1, -0.05) is 35.0 Å². The molecule has 3 heterocycles. The van der Waals surface area contributed by atoms with E-state index in [4.69, 9.17) is 16.1 Å². The minimum absolute atomic E-state index is 0.205. The van der Waals surface area contributed by atoms with Crippen LogP contribution >= 0.6 is 11.6 Å². The fraction of sp³-hybridized carbons (Fsp3) is 0.0625. The molecule has 4 aromatic rings. The van der Waals surface area contributed by atoms with Crippen molar-refractivity contribution in [3.63, 3.8) is 0 Å². The van der Waals surface area contributed by atoms with Crippen molar-refractivity contribution in [2.75, 3.05) is 0 Å². The van der Waals surface area contributed by atoms with Gasteiger partial charge >= 0.3 is 0 Å². The number of nitrogens with zero attached hydrogens (tertiary/aromatic N) is 6. The molecule has 124 valence electrons. The molecule has 0 atom stereocenters. The van der Waals surface area contributed by atoms with E-state index in [2.05, 4.69) is 25.4 Å². The van der Waals surface area contributed by atoms with Gasteiger partial charge in [0.1, 0.15) is 23.5 Å². The van der Waals surface area contributed by atoms with Gasteiger partial charge in [-0.3, -0.25) is 4.68 Å². The monoisotopic (exact) mass is 356 g/mol. The summed E-state index contributed by atoms with van der Waals surface area (Å²) >= 11 is 5.87. The Morgan fingerprint density at radius 3 is 2.80 bits per heavy atom. The van der Waals surface area contributed by atoms with E-state index in [0.717, 1.165) is 0 Å². The summed E-state index contributed by atoms with van der Waals surface area (Å²) in [4.78, 5) is 4.10. The Hall–Kier alpha value is -3.13. The minimum atomic E-state index is -0.314. The molecule has 25 heavy (non-hydrogen) atoms. The lowest BCUT2D eigenvalue weighted by molar-refractivity contribution is 0.421. The van der Waals surface area contributed by atoms with Gasteiger partial charge in [0.25, 0.3) is 0 Å². The smallest absolute Gasteiger partial charge is 0.203 e. The zero-order valence-electron chi connectivity index (χ0n) is 12.7. The van der Waals surface area contributed by atoms with Crippen molar-refractivity contribution >= 4 is 11.6 Å². The zero-order valence-corrected chi connectivity index (χ0v) is 13.4. The van der Waals surface area contributed by atoms with Crippen LogP contribution in [0, 0.1) is 5.82 Å². The number of halogens is 2. The van der Waals surface area contributed by atoms with Crippen molar-refractivity contribution in [3.8, 4) is 22.9 Å². The molecule has 0 amide bonds. The highest BCUT2D eigenvalue weighted by Gasteiger charge is 2.17. The molecule has 7 nitrogen and oxygen atoms in total. The van der Waals surface area contributed by atoms with Gasteiger partial charge in [-0.15, -0.1) is 5.10 Å². The van der Waals surface area contributed by atoms with Crippen LogP contribution in [0.4, 0.5) is 4.39 Å². The Labute approximate surface area is 146 Å². The van der Waals surface area contributed by atoms with Crippen molar-refractivity contribution < 1.29 is 8.91 Å². The molecule has 0 aliphatic rings. The first-order valence-electron chi connectivity index (χ1n) is 7.28. The first-order chi connectivity index (χ1) is 12.2. The minimum Gasteiger partial charge on any atom is -0.364 e. The Bertz CT molecular complexity index is 1020. The largest absolute Gasteiger partial charge is 0.364 e. The van der Waals surface area contributed by atoms with E-state index in [1.165, 1.54) is 18.5 Å². The Kier molecular flexibility index (Phi) is 3.95. The SMILES string of the molecule is Fc1ccccc1Cn1nc(-c2nncc(Cl)n2)cc1-c1ccon1. The Balaban J connectivity index is 1.80. The van der Waals surface area contributed by atoms with Crippen LogP contribution in [0.3, 0.4) is 0 Å². The topological polar surface area (TPSA) is 82.5 Å². The van der Waals surface area contributed by atoms with Gasteiger partial charge in [0.05, 0.1) is 18.4 Å². The molecule has 4 rings (SSSR count). The molecule has 9 heteroatoms. The quantitative estimate of drug-likeness (QED) is 0.558. The third-order valence-corrected chi connectivity index (χ3v) is 3.70. The summed E-state index contributed by atoms with van der Waals surface area (Å²) in [6.07, 6.45) is 2.78. The summed E-state index contributed by atoms with van der Waals surface area (Å²) in [6.45, 7) is 0.211. The van der Waals surface area contributed by atoms with Crippen molar-refractivity contribution in [3.05, 3.63) is 65.4 Å². The highest BCUT2D eigenvalue weighted by atomic mass is 35.5. The van der Waals surface area contributed by atoms with Crippen LogP contribution in [0.2, 0.25) is 5.15 Å². The first kappa shape index (κ1) is 15.4. The lowest BCUT2D eigenvalue weighted by atomic mass is 10.2. The molecule has 0 radical (unpaired) electrons. The third-order valence-electron chi connectivity index (χ3n) is 3.52. The van der Waals surface area contributed by atoms with Crippen molar-refractivity contribution in [1.29, 1.82) is 0 Å². The van der Waals surface area contributed by atoms with Crippen molar-refractivity contribution in [2.45, 2.75) is 6.54 Å². The predicted octanol–water partition coefficient (Wildman–Crippen LogP) is 3.23. The van der Waals surface area contributed by atoms with Gasteiger partial charge in [-0.05, 0) is 12.1 Å². The molecule has 0 aliphatic carbocycles. The fourth-order valence-corrected chi connectivity index (χ4v) is 2.50. The van der Waals surface area contributed by atoms with Gasteiger partial charge in [-0.2, -0.15) is 10.2 Å². The summed E-state index contributed by atoms with van der Waals surface area (Å²) < 4.78 is 20.5. The van der Waals surface area contributed by atoms with Gasteiger partial charge in [-0.25, -0.2) is 9.37 Å². The molecule has 0 fully saturated rings. The standard InChI is InChI=1S/C16H10ClFN6O/c17-15-8-19-21-16(20-15)13-7-14(12-5-6-25-23-12)24(22-13)9-10-3-1-2-4-11(10)18/h1-8H,9H2. The maximum absolute atomic E-state index is 14.0. The molecule has 1 aromatic carbocycles. The molecular formula is C16H10ClFN6O. The lowest BCUT2D eigenvalue weighted by Crippen LogP contribution is -2.06. The van der Waals surface area contributed by atoms with Crippen molar-refractivity contribution in [1.82, 2.24) is 30.1 Å². The fourth-order valence-electron chi connectivity index (χ4n) is 2.38. The van der Waals surface area contributed by atoms with Crippen LogP contribution in [0.5, 0.6) is 0 Å². The highest BCUT2D eigenvalue weighted by molar-refractivity contribution is 6.29. The predicted molar refractivity (Wildman–Crippen MR) is 87.1 cm³/mol. The molecule has 0 saturated heterocycles. The maximum atomic E-state index is 14.0.